The Balaban J connectivity index is 2.27. The summed E-state index contributed by atoms with van der Waals surface area (Å²) in [5, 5.41) is 0. The summed E-state index contributed by atoms with van der Waals surface area (Å²) in [4.78, 5) is 4.32. The monoisotopic (exact) mass is 206 g/mol. The van der Waals surface area contributed by atoms with Crippen LogP contribution in [0.15, 0.2) is 27.2 Å². The summed E-state index contributed by atoms with van der Waals surface area (Å²) >= 11 is 0. The fourth-order valence-electron chi connectivity index (χ4n) is 1.30. The number of hydrogen-bond donors (Lipinski definition) is 1. The number of furan rings is 1. The molecule has 15 heavy (non-hydrogen) atoms. The highest BCUT2D eigenvalue weighted by molar-refractivity contribution is 5.45. The Morgan fingerprint density at radius 2 is 2.27 bits per heavy atom. The molecule has 4 nitrogen and oxygen atoms in total. The van der Waals surface area contributed by atoms with Crippen molar-refractivity contribution in [2.24, 2.45) is 5.73 Å². The molecule has 0 aliphatic carbocycles. The second kappa shape index (κ2) is 3.90. The van der Waals surface area contributed by atoms with Crippen molar-refractivity contribution in [3.63, 3.8) is 0 Å². The van der Waals surface area contributed by atoms with Crippen molar-refractivity contribution in [3.8, 4) is 11.7 Å². The first-order valence-corrected chi connectivity index (χ1v) is 4.93. The molecule has 4 heteroatoms. The van der Waals surface area contributed by atoms with E-state index in [0.29, 0.717) is 18.2 Å². The van der Waals surface area contributed by atoms with E-state index in [4.69, 9.17) is 14.6 Å². The highest BCUT2D eigenvalue weighted by Gasteiger charge is 2.13. The van der Waals surface area contributed by atoms with Crippen LogP contribution in [0.4, 0.5) is 0 Å². The predicted octanol–water partition coefficient (Wildman–Crippen LogP) is 2.31. The third kappa shape index (κ3) is 1.94. The molecule has 2 rings (SSSR count). The van der Waals surface area contributed by atoms with Gasteiger partial charge in [-0.05, 0) is 19.1 Å². The van der Waals surface area contributed by atoms with Crippen molar-refractivity contribution in [1.82, 2.24) is 4.98 Å². The van der Waals surface area contributed by atoms with Gasteiger partial charge in [0.2, 0.25) is 0 Å². The van der Waals surface area contributed by atoms with Gasteiger partial charge in [-0.2, -0.15) is 0 Å². The Kier molecular flexibility index (Phi) is 2.60. The molecule has 0 radical (unpaired) electrons. The summed E-state index contributed by atoms with van der Waals surface area (Å²) in [7, 11) is 0. The highest BCUT2D eigenvalue weighted by Crippen LogP contribution is 2.23. The Hall–Kier alpha value is -1.55. The molecular formula is C11H14N2O2. The zero-order valence-corrected chi connectivity index (χ0v) is 8.86. The first kappa shape index (κ1) is 9.98. The van der Waals surface area contributed by atoms with Gasteiger partial charge >= 0.3 is 0 Å². The van der Waals surface area contributed by atoms with E-state index in [1.807, 2.05) is 26.0 Å². The van der Waals surface area contributed by atoms with Crippen molar-refractivity contribution < 1.29 is 8.83 Å². The van der Waals surface area contributed by atoms with Gasteiger partial charge in [-0.3, -0.25) is 0 Å². The largest absolute Gasteiger partial charge is 0.456 e. The minimum Gasteiger partial charge on any atom is -0.456 e. The molecule has 2 heterocycles. The SMILES string of the molecule is Cc1ccc(-c2nc(C(C)CN)co2)o1. The quantitative estimate of drug-likeness (QED) is 0.836. The van der Waals surface area contributed by atoms with Crippen LogP contribution < -0.4 is 5.73 Å². The molecule has 0 bridgehead atoms. The summed E-state index contributed by atoms with van der Waals surface area (Å²) < 4.78 is 10.7. The lowest BCUT2D eigenvalue weighted by Crippen LogP contribution is -2.08. The van der Waals surface area contributed by atoms with E-state index in [9.17, 15) is 0 Å². The Morgan fingerprint density at radius 3 is 2.87 bits per heavy atom. The van der Waals surface area contributed by atoms with Crippen LogP contribution in [0.25, 0.3) is 11.7 Å². The van der Waals surface area contributed by atoms with Crippen LogP contribution in [-0.4, -0.2) is 11.5 Å². The average Bonchev–Trinajstić information content (AvgIpc) is 2.84. The van der Waals surface area contributed by atoms with Gasteiger partial charge in [-0.25, -0.2) is 4.98 Å². The molecule has 0 amide bonds. The molecule has 1 unspecified atom stereocenters. The molecule has 2 aromatic heterocycles. The number of aromatic nitrogens is 1. The lowest BCUT2D eigenvalue weighted by atomic mass is 10.1. The van der Waals surface area contributed by atoms with Crippen molar-refractivity contribution in [1.29, 1.82) is 0 Å². The van der Waals surface area contributed by atoms with Gasteiger partial charge in [0.25, 0.3) is 5.89 Å². The van der Waals surface area contributed by atoms with Crippen molar-refractivity contribution in [3.05, 3.63) is 29.9 Å². The van der Waals surface area contributed by atoms with Crippen LogP contribution >= 0.6 is 0 Å². The zero-order chi connectivity index (χ0) is 10.8. The molecule has 0 aliphatic heterocycles. The number of hydrogen-bond acceptors (Lipinski definition) is 4. The number of aryl methyl sites for hydroxylation is 1. The normalized spacial score (nSPS) is 13.0. The summed E-state index contributed by atoms with van der Waals surface area (Å²) in [6.07, 6.45) is 1.63. The maximum absolute atomic E-state index is 5.55. The molecular weight excluding hydrogens is 192 g/mol. The van der Waals surface area contributed by atoms with Gasteiger partial charge in [0.05, 0.1) is 5.69 Å². The maximum atomic E-state index is 5.55. The topological polar surface area (TPSA) is 65.2 Å². The molecule has 0 aliphatic rings. The van der Waals surface area contributed by atoms with Gasteiger partial charge < -0.3 is 14.6 Å². The third-order valence-electron chi connectivity index (χ3n) is 2.33. The fourth-order valence-corrected chi connectivity index (χ4v) is 1.30. The lowest BCUT2D eigenvalue weighted by Gasteiger charge is -2.00. The van der Waals surface area contributed by atoms with Crippen LogP contribution in [0.1, 0.15) is 24.3 Å². The molecule has 2 aromatic rings. The summed E-state index contributed by atoms with van der Waals surface area (Å²) in [6.45, 7) is 4.45. The second-order valence-corrected chi connectivity index (χ2v) is 3.62. The van der Waals surface area contributed by atoms with Gasteiger partial charge in [-0.1, -0.05) is 6.92 Å². The summed E-state index contributed by atoms with van der Waals surface area (Å²) in [5.74, 6) is 2.22. The minimum absolute atomic E-state index is 0.207. The van der Waals surface area contributed by atoms with Crippen LogP contribution in [0.5, 0.6) is 0 Å². The zero-order valence-electron chi connectivity index (χ0n) is 8.86. The number of oxazole rings is 1. The first-order chi connectivity index (χ1) is 7.20. The fraction of sp³-hybridized carbons (Fsp3) is 0.364. The smallest absolute Gasteiger partial charge is 0.263 e. The molecule has 0 fully saturated rings. The van der Waals surface area contributed by atoms with E-state index in [1.165, 1.54) is 0 Å². The van der Waals surface area contributed by atoms with Crippen molar-refractivity contribution in [2.75, 3.05) is 6.54 Å². The summed E-state index contributed by atoms with van der Waals surface area (Å²) in [6, 6.07) is 3.73. The lowest BCUT2D eigenvalue weighted by molar-refractivity contribution is 0.501. The van der Waals surface area contributed by atoms with Gasteiger partial charge in [0.15, 0.2) is 5.76 Å². The number of nitrogens with zero attached hydrogens (tertiary/aromatic N) is 1. The molecule has 0 spiro atoms. The van der Waals surface area contributed by atoms with E-state index in [-0.39, 0.29) is 5.92 Å². The van der Waals surface area contributed by atoms with E-state index in [0.717, 1.165) is 11.5 Å². The third-order valence-corrected chi connectivity index (χ3v) is 2.33. The van der Waals surface area contributed by atoms with E-state index in [1.54, 1.807) is 6.26 Å². The molecule has 0 saturated heterocycles. The molecule has 2 N–H and O–H groups in total. The Bertz CT molecular complexity index is 445. The highest BCUT2D eigenvalue weighted by atomic mass is 16.4. The van der Waals surface area contributed by atoms with E-state index < -0.39 is 0 Å². The molecule has 1 atom stereocenters. The minimum atomic E-state index is 0.207. The summed E-state index contributed by atoms with van der Waals surface area (Å²) in [5.41, 5.74) is 6.41. The van der Waals surface area contributed by atoms with Crippen LogP contribution in [0, 0.1) is 6.92 Å². The second-order valence-electron chi connectivity index (χ2n) is 3.62. The standard InChI is InChI=1S/C11H14N2O2/c1-7(5-12)9-6-14-11(13-9)10-4-3-8(2)15-10/h3-4,6-7H,5,12H2,1-2H3. The van der Waals surface area contributed by atoms with E-state index in [2.05, 4.69) is 4.98 Å². The average molecular weight is 206 g/mol. The van der Waals surface area contributed by atoms with Gasteiger partial charge in [-0.15, -0.1) is 0 Å². The molecule has 80 valence electrons. The first-order valence-electron chi connectivity index (χ1n) is 4.93. The molecule has 0 saturated carbocycles. The Labute approximate surface area is 88.1 Å². The predicted molar refractivity (Wildman–Crippen MR) is 56.4 cm³/mol. The number of rotatable bonds is 3. The maximum Gasteiger partial charge on any atom is 0.263 e. The van der Waals surface area contributed by atoms with Crippen molar-refractivity contribution in [2.45, 2.75) is 19.8 Å². The van der Waals surface area contributed by atoms with E-state index >= 15 is 0 Å². The molecule has 0 aromatic carbocycles. The van der Waals surface area contributed by atoms with Crippen LogP contribution in [-0.2, 0) is 0 Å². The Morgan fingerprint density at radius 1 is 1.47 bits per heavy atom. The number of nitrogens with two attached hydrogens (primary N) is 1. The van der Waals surface area contributed by atoms with Crippen molar-refractivity contribution >= 4 is 0 Å². The van der Waals surface area contributed by atoms with Gasteiger partial charge in [0, 0.05) is 12.5 Å². The van der Waals surface area contributed by atoms with Crippen LogP contribution in [0.2, 0.25) is 0 Å². The van der Waals surface area contributed by atoms with Crippen LogP contribution in [0.3, 0.4) is 0 Å². The van der Waals surface area contributed by atoms with Gasteiger partial charge in [0.1, 0.15) is 12.0 Å².